The van der Waals surface area contributed by atoms with Crippen molar-refractivity contribution in [2.45, 2.75) is 13.3 Å². The van der Waals surface area contributed by atoms with Crippen LogP contribution in [0.2, 0.25) is 0 Å². The van der Waals surface area contributed by atoms with Crippen molar-refractivity contribution < 1.29 is 32.7 Å². The third-order valence-corrected chi connectivity index (χ3v) is 2.09. The van der Waals surface area contributed by atoms with E-state index in [2.05, 4.69) is 38.1 Å². The van der Waals surface area contributed by atoms with Crippen LogP contribution in [0.4, 0.5) is 0 Å². The molecule has 0 spiro atoms. The summed E-state index contributed by atoms with van der Waals surface area (Å²) in [6, 6.07) is 20.3. The summed E-state index contributed by atoms with van der Waals surface area (Å²) in [4.78, 5) is 0. The van der Waals surface area contributed by atoms with Crippen molar-refractivity contribution in [1.82, 2.24) is 0 Å². The smallest absolute Gasteiger partial charge is 1.00 e. The molecule has 2 aromatic carbocycles. The van der Waals surface area contributed by atoms with E-state index >= 15 is 0 Å². The second-order valence-electron chi connectivity index (χ2n) is 4.18. The molecule has 0 heterocycles. The number of hydrogen-bond acceptors (Lipinski definition) is 0. The Balaban J connectivity index is -0.0000000454. The zero-order valence-electron chi connectivity index (χ0n) is 16.3. The van der Waals surface area contributed by atoms with Gasteiger partial charge >= 0.3 is 141 Å². The van der Waals surface area contributed by atoms with E-state index in [1.165, 1.54) is 5.56 Å². The van der Waals surface area contributed by atoms with Crippen LogP contribution in [0, 0.1) is 6.92 Å². The summed E-state index contributed by atoms with van der Waals surface area (Å²) in [6.07, 6.45) is 1.14. The van der Waals surface area contributed by atoms with Crippen molar-refractivity contribution >= 4 is 140 Å². The summed E-state index contributed by atoms with van der Waals surface area (Å²) in [5.41, 5.74) is 2.48. The van der Waals surface area contributed by atoms with Crippen molar-refractivity contribution in [2.24, 2.45) is 0 Å². The minimum Gasteiger partial charge on any atom is -1.00 e. The van der Waals surface area contributed by atoms with E-state index in [0.717, 1.165) is 12.0 Å². The normalized spacial score (nSPS) is 8.72. The van der Waals surface area contributed by atoms with Crippen molar-refractivity contribution in [3.8, 4) is 0 Å². The van der Waals surface area contributed by atoms with E-state index in [9.17, 15) is 0 Å². The molecule has 29 heavy (non-hydrogen) atoms. The summed E-state index contributed by atoms with van der Waals surface area (Å²) in [7, 11) is 33.9. The van der Waals surface area contributed by atoms with Gasteiger partial charge in [-0.2, -0.15) is 24.6 Å². The zero-order chi connectivity index (χ0) is 19.9. The van der Waals surface area contributed by atoms with Crippen molar-refractivity contribution in [3.05, 3.63) is 78.7 Å². The van der Waals surface area contributed by atoms with Gasteiger partial charge in [0.2, 0.25) is 0 Å². The average Bonchev–Trinajstić information content (AvgIpc) is 2.46. The minimum atomic E-state index is -3.11. The molecule has 0 bridgehead atoms. The maximum atomic E-state index is 5.01. The van der Waals surface area contributed by atoms with Gasteiger partial charge in [-0.1, -0.05) is 43.3 Å². The van der Waals surface area contributed by atoms with E-state index < -0.39 is 19.1 Å². The molecular weight excluding hydrogens is 703 g/mol. The average molecular weight is 724 g/mol. The summed E-state index contributed by atoms with van der Waals surface area (Å²) in [6.45, 7) is 5.88. The third-order valence-electron chi connectivity index (χ3n) is 2.09. The van der Waals surface area contributed by atoms with Gasteiger partial charge in [0, 0.05) is 0 Å². The molecule has 0 aliphatic carbocycles. The number of aryl methyl sites for hydroxylation is 1. The van der Waals surface area contributed by atoms with Crippen LogP contribution < -0.4 is 31.3 Å². The van der Waals surface area contributed by atoms with Gasteiger partial charge in [0.25, 0.3) is 0 Å². The summed E-state index contributed by atoms with van der Waals surface area (Å²) in [5, 5.41) is 0. The van der Waals surface area contributed by atoms with Gasteiger partial charge < -0.3 is 13.8 Å². The fraction of sp³-hybridized carbons (Fsp3) is 0.133. The van der Waals surface area contributed by atoms with Crippen LogP contribution >= 0.6 is 80.1 Å². The molecule has 0 radical (unpaired) electrons. The van der Waals surface area contributed by atoms with E-state index in [1.807, 2.05) is 36.4 Å². The number of rotatable bonds is 1. The van der Waals surface area contributed by atoms with E-state index in [1.54, 1.807) is 0 Å². The summed E-state index contributed by atoms with van der Waals surface area (Å²) in [5.74, 6) is 0. The van der Waals surface area contributed by atoms with Crippen molar-refractivity contribution in [1.29, 1.82) is 0 Å². The molecule has 0 saturated heterocycles. The minimum absolute atomic E-state index is 0. The first-order chi connectivity index (χ1) is 11.3. The standard InChI is InChI=1S/C8H10.C7H7.Al.2Cl4Ge.ClH.Li.Mg.4H/c1-2-8-6-4-3-5-7-8;1-7-5-3-2-4-6-7;;2*1-5(2,3)4;;;;;;;/h3-7H,2H2,1H3;2-6H,1H2;;;;1H;;;;;;/q;-1;;;;;+1;+2;;;;-1/p-1. The van der Waals surface area contributed by atoms with Crippen molar-refractivity contribution in [3.63, 3.8) is 0 Å². The molecule has 0 unspecified atom stereocenters. The van der Waals surface area contributed by atoms with Gasteiger partial charge in [-0.3, -0.25) is 0 Å². The largest absolute Gasteiger partial charge is 2.00 e. The molecule has 0 fully saturated rings. The topological polar surface area (TPSA) is 0 Å². The molecule has 0 aromatic heterocycles. The first-order valence-corrected chi connectivity index (χ1v) is 28.8. The van der Waals surface area contributed by atoms with Gasteiger partial charge in [0.05, 0.1) is 0 Å². The third kappa shape index (κ3) is 59.5. The Morgan fingerprint density at radius 1 is 0.724 bits per heavy atom. The van der Waals surface area contributed by atoms with Gasteiger partial charge in [-0.05, 0) is 12.0 Å². The molecule has 0 saturated carbocycles. The number of hydrogen-bond donors (Lipinski definition) is 0. The Labute approximate surface area is 260 Å². The molecule has 0 N–H and O–H groups in total. The Kier molecular flexibility index (Phi) is 44.9. The van der Waals surface area contributed by atoms with E-state index in [0.29, 0.717) is 0 Å². The second kappa shape index (κ2) is 28.1. The SMILES string of the molecule is CCc1ccccc1.[AlH3].[CH2-]c1ccccc1.[Cl-].[Cl][Ge]([Cl])([Cl])[Cl].[Cl][Ge]([Cl])([Cl])[Cl].[H-].[Li+].[Mg+2]. The van der Waals surface area contributed by atoms with Crippen LogP contribution in [-0.4, -0.2) is 59.5 Å². The van der Waals surface area contributed by atoms with Crippen LogP contribution in [-0.2, 0) is 6.42 Å². The Hall–Kier alpha value is 3.90. The van der Waals surface area contributed by atoms with Crippen LogP contribution in [0.25, 0.3) is 0 Å². The maximum absolute atomic E-state index is 5.01. The van der Waals surface area contributed by atoms with Crippen molar-refractivity contribution in [2.75, 3.05) is 0 Å². The Morgan fingerprint density at radius 3 is 1.10 bits per heavy atom. The molecule has 0 amide bonds. The van der Waals surface area contributed by atoms with E-state index in [4.69, 9.17) is 80.1 Å². The van der Waals surface area contributed by atoms with Crippen LogP contribution in [0.15, 0.2) is 60.7 Å². The van der Waals surface area contributed by atoms with Gasteiger partial charge in [0.15, 0.2) is 17.4 Å². The second-order valence-corrected chi connectivity index (χ2v) is 43.4. The fourth-order valence-electron chi connectivity index (χ4n) is 1.19. The summed E-state index contributed by atoms with van der Waals surface area (Å²) >= 11 is 0. The van der Waals surface area contributed by atoms with Crippen LogP contribution in [0.5, 0.6) is 0 Å². The first-order valence-electron chi connectivity index (χ1n) is 6.75. The molecule has 158 valence electrons. The van der Waals surface area contributed by atoms with Gasteiger partial charge in [-0.15, -0.1) is 12.1 Å². The zero-order valence-corrected chi connectivity index (χ0v) is 27.7. The number of benzene rings is 2. The molecule has 14 heteroatoms. The Bertz CT molecular complexity index is 529. The maximum Gasteiger partial charge on any atom is 2.00 e. The molecule has 2 aromatic rings. The summed E-state index contributed by atoms with van der Waals surface area (Å²) < 4.78 is 0. The predicted molar refractivity (Wildman–Crippen MR) is 142 cm³/mol. The van der Waals surface area contributed by atoms with Gasteiger partial charge in [0.1, 0.15) is 0 Å². The molecule has 0 atom stereocenters. The monoisotopic (exact) mass is 722 g/mol. The van der Waals surface area contributed by atoms with Gasteiger partial charge in [-0.25, -0.2) is 0 Å². The molecule has 2 rings (SSSR count). The van der Waals surface area contributed by atoms with Crippen LogP contribution in [0.1, 0.15) is 19.5 Å². The fourth-order valence-corrected chi connectivity index (χ4v) is 1.19. The molecule has 0 aliphatic heterocycles. The molecule has 0 nitrogen and oxygen atoms in total. The quantitative estimate of drug-likeness (QED) is 0.309. The predicted octanol–water partition coefficient (Wildman–Crippen LogP) is 1.43. The molecular formula is C15H21AlCl9Ge2LiMg. The van der Waals surface area contributed by atoms with Crippen LogP contribution in [0.3, 0.4) is 0 Å². The Morgan fingerprint density at radius 2 is 0.966 bits per heavy atom. The molecule has 0 aliphatic rings. The first kappa shape index (κ1) is 46.3. The number of halogens is 9. The van der Waals surface area contributed by atoms with E-state index in [-0.39, 0.29) is 73.1 Å².